The predicted octanol–water partition coefficient (Wildman–Crippen LogP) is 1.43. The van der Waals surface area contributed by atoms with Gasteiger partial charge in [-0.3, -0.25) is 4.21 Å². The maximum Gasteiger partial charge on any atom is 0.118 e. The molecule has 0 aliphatic carbocycles. The highest BCUT2D eigenvalue weighted by Crippen LogP contribution is 2.12. The van der Waals surface area contributed by atoms with Crippen molar-refractivity contribution in [3.8, 4) is 5.75 Å². The first-order valence-electron chi connectivity index (χ1n) is 3.21. The maximum absolute atomic E-state index is 10.9. The van der Waals surface area contributed by atoms with Gasteiger partial charge in [0.25, 0.3) is 0 Å². The van der Waals surface area contributed by atoms with E-state index in [1.165, 1.54) is 0 Å². The topological polar surface area (TPSA) is 26.3 Å². The Morgan fingerprint density at radius 1 is 1.27 bits per heavy atom. The molecular formula is C8H10O2S. The molecule has 3 heteroatoms. The van der Waals surface area contributed by atoms with E-state index in [4.69, 9.17) is 4.74 Å². The number of methoxy groups -OCH3 is 1. The van der Waals surface area contributed by atoms with Crippen LogP contribution in [-0.4, -0.2) is 17.6 Å². The molecule has 0 bridgehead atoms. The Bertz CT molecular complexity index is 253. The Morgan fingerprint density at radius 3 is 2.18 bits per heavy atom. The molecule has 0 aliphatic rings. The molecule has 0 aliphatic heterocycles. The standard InChI is InChI=1S/C8H10O2S/c1-10-7-3-5-8(6-4-7)11(2)9/h3-6H,1-2H3/i2+1. The van der Waals surface area contributed by atoms with E-state index in [1.807, 2.05) is 0 Å². The second kappa shape index (κ2) is 3.53. The molecule has 0 fully saturated rings. The van der Waals surface area contributed by atoms with Gasteiger partial charge in [0.2, 0.25) is 0 Å². The minimum Gasteiger partial charge on any atom is -0.497 e. The second-order valence-electron chi connectivity index (χ2n) is 2.13. The lowest BCUT2D eigenvalue weighted by molar-refractivity contribution is 0.414. The normalized spacial score (nSPS) is 12.5. The van der Waals surface area contributed by atoms with E-state index >= 15 is 0 Å². The minimum absolute atomic E-state index is 0.791. The highest BCUT2D eigenvalue weighted by molar-refractivity contribution is 7.84. The fourth-order valence-corrected chi connectivity index (χ4v) is 1.29. The Morgan fingerprint density at radius 2 is 1.82 bits per heavy atom. The quantitative estimate of drug-likeness (QED) is 0.629. The van der Waals surface area contributed by atoms with Gasteiger partial charge in [-0.25, -0.2) is 0 Å². The average Bonchev–Trinajstić information content (AvgIpc) is 2.05. The fourth-order valence-electron chi connectivity index (χ4n) is 0.767. The lowest BCUT2D eigenvalue weighted by Crippen LogP contribution is -1.87. The van der Waals surface area contributed by atoms with Crippen molar-refractivity contribution in [3.05, 3.63) is 24.3 Å². The number of benzene rings is 1. The van der Waals surface area contributed by atoms with E-state index in [2.05, 4.69) is 0 Å². The van der Waals surface area contributed by atoms with E-state index in [0.717, 1.165) is 10.6 Å². The Balaban J connectivity index is 2.91. The fraction of sp³-hybridized carbons (Fsp3) is 0.250. The summed E-state index contributed by atoms with van der Waals surface area (Å²) in [6.45, 7) is 0. The lowest BCUT2D eigenvalue weighted by Gasteiger charge is -1.99. The molecule has 0 aromatic heterocycles. The molecule has 2 nitrogen and oxygen atoms in total. The molecule has 0 heterocycles. The Hall–Kier alpha value is -0.830. The maximum atomic E-state index is 10.9. The van der Waals surface area contributed by atoms with Gasteiger partial charge in [-0.05, 0) is 24.3 Å². The summed E-state index contributed by atoms with van der Waals surface area (Å²) in [6, 6.07) is 7.21. The van der Waals surface area contributed by atoms with Gasteiger partial charge in [0, 0.05) is 22.0 Å². The highest BCUT2D eigenvalue weighted by atomic mass is 32.2. The molecule has 1 aromatic carbocycles. The summed E-state index contributed by atoms with van der Waals surface area (Å²) in [6.07, 6.45) is 1.65. The van der Waals surface area contributed by atoms with Gasteiger partial charge in [0.15, 0.2) is 0 Å². The largest absolute Gasteiger partial charge is 0.497 e. The molecule has 0 amide bonds. The summed E-state index contributed by atoms with van der Waals surface area (Å²) in [7, 11) is 0.714. The number of hydrogen-bond acceptors (Lipinski definition) is 2. The van der Waals surface area contributed by atoms with Gasteiger partial charge in [0.1, 0.15) is 5.75 Å². The van der Waals surface area contributed by atoms with Crippen LogP contribution in [0.15, 0.2) is 29.2 Å². The summed E-state index contributed by atoms with van der Waals surface area (Å²) in [5, 5.41) is 0. The van der Waals surface area contributed by atoms with Crippen LogP contribution in [0.2, 0.25) is 0 Å². The van der Waals surface area contributed by atoms with Crippen LogP contribution in [0.3, 0.4) is 0 Å². The first-order valence-corrected chi connectivity index (χ1v) is 4.77. The monoisotopic (exact) mass is 171 g/mol. The summed E-state index contributed by atoms with van der Waals surface area (Å²) in [5.41, 5.74) is 0. The van der Waals surface area contributed by atoms with Crippen molar-refractivity contribution in [2.45, 2.75) is 4.90 Å². The second-order valence-corrected chi connectivity index (χ2v) is 3.51. The van der Waals surface area contributed by atoms with Crippen LogP contribution < -0.4 is 4.74 Å². The van der Waals surface area contributed by atoms with Crippen LogP contribution in [0.4, 0.5) is 0 Å². The molecule has 1 aromatic rings. The van der Waals surface area contributed by atoms with Crippen molar-refractivity contribution in [3.63, 3.8) is 0 Å². The summed E-state index contributed by atoms with van der Waals surface area (Å²) in [4.78, 5) is 0.825. The number of hydrogen-bond donors (Lipinski definition) is 0. The molecule has 0 radical (unpaired) electrons. The Kier molecular flexibility index (Phi) is 2.65. The summed E-state index contributed by atoms with van der Waals surface area (Å²) in [5.74, 6) is 0.791. The van der Waals surface area contributed by atoms with Gasteiger partial charge in [0.05, 0.1) is 7.11 Å². The zero-order chi connectivity index (χ0) is 8.27. The average molecular weight is 171 g/mol. The van der Waals surface area contributed by atoms with Crippen molar-refractivity contribution >= 4 is 10.8 Å². The van der Waals surface area contributed by atoms with Crippen molar-refractivity contribution in [2.24, 2.45) is 0 Å². The smallest absolute Gasteiger partial charge is 0.118 e. The van der Waals surface area contributed by atoms with Crippen LogP contribution in [0.1, 0.15) is 0 Å². The molecule has 0 saturated heterocycles. The zero-order valence-corrected chi connectivity index (χ0v) is 7.35. The predicted molar refractivity (Wildman–Crippen MR) is 45.3 cm³/mol. The first-order chi connectivity index (χ1) is 5.24. The van der Waals surface area contributed by atoms with Gasteiger partial charge in [-0.2, -0.15) is 0 Å². The third kappa shape index (κ3) is 2.05. The molecular weight excluding hydrogens is 161 g/mol. The molecule has 11 heavy (non-hydrogen) atoms. The molecule has 1 rings (SSSR count). The third-order valence-corrected chi connectivity index (χ3v) is 2.33. The van der Waals surface area contributed by atoms with E-state index in [0.29, 0.717) is 0 Å². The third-order valence-electron chi connectivity index (χ3n) is 1.39. The van der Waals surface area contributed by atoms with E-state index in [1.54, 1.807) is 37.6 Å². The van der Waals surface area contributed by atoms with Gasteiger partial charge < -0.3 is 4.74 Å². The van der Waals surface area contributed by atoms with Gasteiger partial charge in [-0.1, -0.05) is 0 Å². The summed E-state index contributed by atoms with van der Waals surface area (Å²) >= 11 is 0. The first kappa shape index (κ1) is 8.27. The molecule has 0 saturated carbocycles. The van der Waals surface area contributed by atoms with E-state index in [9.17, 15) is 4.21 Å². The molecule has 0 spiro atoms. The number of ether oxygens (including phenoxy) is 1. The van der Waals surface area contributed by atoms with Crippen LogP contribution in [0.5, 0.6) is 5.75 Å². The van der Waals surface area contributed by atoms with E-state index in [-0.39, 0.29) is 0 Å². The molecule has 0 N–H and O–H groups in total. The van der Waals surface area contributed by atoms with Crippen LogP contribution in [0.25, 0.3) is 0 Å². The van der Waals surface area contributed by atoms with Crippen LogP contribution in [0, 0.1) is 0 Å². The lowest BCUT2D eigenvalue weighted by atomic mass is 10.3. The zero-order valence-electron chi connectivity index (χ0n) is 6.53. The van der Waals surface area contributed by atoms with Crippen LogP contribution >= 0.6 is 0 Å². The SMILES string of the molecule is COc1ccc(S([13CH3])=O)cc1. The van der Waals surface area contributed by atoms with Crippen molar-refractivity contribution in [1.82, 2.24) is 0 Å². The van der Waals surface area contributed by atoms with Gasteiger partial charge in [-0.15, -0.1) is 0 Å². The molecule has 60 valence electrons. The molecule has 1 unspecified atom stereocenters. The minimum atomic E-state index is -0.895. The van der Waals surface area contributed by atoms with Crippen molar-refractivity contribution in [1.29, 1.82) is 0 Å². The Labute approximate surface area is 68.6 Å². The highest BCUT2D eigenvalue weighted by Gasteiger charge is 1.95. The van der Waals surface area contributed by atoms with Crippen molar-refractivity contribution < 1.29 is 8.95 Å². The van der Waals surface area contributed by atoms with Crippen molar-refractivity contribution in [2.75, 3.05) is 13.4 Å². The number of rotatable bonds is 2. The van der Waals surface area contributed by atoms with Gasteiger partial charge >= 0.3 is 0 Å². The summed E-state index contributed by atoms with van der Waals surface area (Å²) < 4.78 is 15.9. The molecule has 1 atom stereocenters. The van der Waals surface area contributed by atoms with E-state index < -0.39 is 10.8 Å². The van der Waals surface area contributed by atoms with Crippen LogP contribution in [-0.2, 0) is 10.8 Å².